The largest absolute Gasteiger partial charge is 0.465 e. The van der Waals surface area contributed by atoms with Gasteiger partial charge in [0.1, 0.15) is 17.3 Å². The van der Waals surface area contributed by atoms with E-state index >= 15 is 0 Å². The van der Waals surface area contributed by atoms with Gasteiger partial charge in [0.2, 0.25) is 0 Å². The molecule has 0 aliphatic rings. The third kappa shape index (κ3) is 4.20. The Morgan fingerprint density at radius 3 is 2.72 bits per heavy atom. The minimum Gasteiger partial charge on any atom is -0.465 e. The molecule has 9 nitrogen and oxygen atoms in total. The number of carboxylic acid groups (broad SMARTS) is 1. The SMILES string of the molecule is CCN(CCc1cnc(-c2nn(Cc3ccccc3F)c3ncccc23)nc1N)C(=O)O. The Hall–Kier alpha value is -4.08. The second-order valence-electron chi connectivity index (χ2n) is 7.19. The molecule has 3 N–H and O–H groups in total. The van der Waals surface area contributed by atoms with E-state index in [4.69, 9.17) is 10.8 Å². The molecule has 4 rings (SSSR count). The Labute approximate surface area is 183 Å². The van der Waals surface area contributed by atoms with Crippen LogP contribution in [0.5, 0.6) is 0 Å². The number of nitrogen functional groups attached to an aromatic ring is 1. The molecule has 0 atom stereocenters. The fourth-order valence-corrected chi connectivity index (χ4v) is 3.44. The lowest BCUT2D eigenvalue weighted by atomic mass is 10.2. The van der Waals surface area contributed by atoms with Crippen LogP contribution in [0.2, 0.25) is 0 Å². The number of amides is 1. The summed E-state index contributed by atoms with van der Waals surface area (Å²) in [7, 11) is 0. The molecular formula is C22H22FN7O2. The van der Waals surface area contributed by atoms with Crippen molar-refractivity contribution >= 4 is 22.9 Å². The lowest BCUT2D eigenvalue weighted by molar-refractivity contribution is 0.148. The molecule has 0 saturated heterocycles. The average molecular weight is 435 g/mol. The zero-order valence-electron chi connectivity index (χ0n) is 17.4. The molecule has 0 bridgehead atoms. The Balaban J connectivity index is 1.66. The normalized spacial score (nSPS) is 11.1. The Morgan fingerprint density at radius 2 is 2.00 bits per heavy atom. The molecule has 0 spiro atoms. The van der Waals surface area contributed by atoms with E-state index in [0.29, 0.717) is 47.8 Å². The molecule has 0 radical (unpaired) electrons. The number of hydrogen-bond acceptors (Lipinski definition) is 6. The number of nitrogens with zero attached hydrogens (tertiary/aromatic N) is 6. The highest BCUT2D eigenvalue weighted by molar-refractivity contribution is 5.89. The molecule has 1 aromatic carbocycles. The van der Waals surface area contributed by atoms with Crippen LogP contribution in [0, 0.1) is 5.82 Å². The summed E-state index contributed by atoms with van der Waals surface area (Å²) in [5.41, 5.74) is 8.35. The van der Waals surface area contributed by atoms with Gasteiger partial charge in [-0.15, -0.1) is 0 Å². The predicted octanol–water partition coefficient (Wildman–Crippen LogP) is 3.20. The van der Waals surface area contributed by atoms with E-state index in [2.05, 4.69) is 20.1 Å². The van der Waals surface area contributed by atoms with Crippen molar-refractivity contribution < 1.29 is 14.3 Å². The summed E-state index contributed by atoms with van der Waals surface area (Å²) in [4.78, 5) is 25.7. The molecule has 4 aromatic rings. The minimum atomic E-state index is -0.983. The first-order chi connectivity index (χ1) is 15.5. The number of hydrogen-bond donors (Lipinski definition) is 2. The second kappa shape index (κ2) is 8.96. The van der Waals surface area contributed by atoms with Gasteiger partial charge >= 0.3 is 6.09 Å². The van der Waals surface area contributed by atoms with Crippen LogP contribution in [0.4, 0.5) is 15.0 Å². The fraction of sp³-hybridized carbons (Fsp3) is 0.227. The number of pyridine rings is 1. The van der Waals surface area contributed by atoms with Crippen molar-refractivity contribution in [3.05, 3.63) is 65.7 Å². The van der Waals surface area contributed by atoms with Gasteiger partial charge in [0.15, 0.2) is 11.5 Å². The zero-order valence-corrected chi connectivity index (χ0v) is 17.4. The molecule has 1 amide bonds. The highest BCUT2D eigenvalue weighted by Crippen LogP contribution is 2.26. The van der Waals surface area contributed by atoms with Crippen LogP contribution in [0.1, 0.15) is 18.1 Å². The number of fused-ring (bicyclic) bond motifs is 1. The van der Waals surface area contributed by atoms with Crippen LogP contribution in [-0.4, -0.2) is 53.9 Å². The standard InChI is InChI=1S/C22H22FN7O2/c1-2-29(22(31)32)11-9-14-12-26-20(27-19(14)24)18-16-7-5-10-25-21(16)30(28-18)13-15-6-3-4-8-17(15)23/h3-8,10,12H,2,9,11,13H2,1H3,(H,31,32)(H2,24,26,27). The van der Waals surface area contributed by atoms with E-state index in [1.807, 2.05) is 6.07 Å². The van der Waals surface area contributed by atoms with E-state index in [1.165, 1.54) is 11.0 Å². The maximum Gasteiger partial charge on any atom is 0.407 e. The van der Waals surface area contributed by atoms with E-state index in [1.54, 1.807) is 48.3 Å². The summed E-state index contributed by atoms with van der Waals surface area (Å²) in [6.45, 7) is 2.65. The monoisotopic (exact) mass is 435 g/mol. The summed E-state index contributed by atoms with van der Waals surface area (Å²) < 4.78 is 15.8. The first-order valence-corrected chi connectivity index (χ1v) is 10.1. The van der Waals surface area contributed by atoms with Crippen LogP contribution in [0.25, 0.3) is 22.6 Å². The number of nitrogens with two attached hydrogens (primary N) is 1. The number of rotatable bonds is 7. The summed E-state index contributed by atoms with van der Waals surface area (Å²) >= 11 is 0. The number of benzene rings is 1. The van der Waals surface area contributed by atoms with E-state index in [0.717, 1.165) is 5.39 Å². The molecule has 10 heteroatoms. The second-order valence-corrected chi connectivity index (χ2v) is 7.19. The van der Waals surface area contributed by atoms with Gasteiger partial charge in [-0.1, -0.05) is 18.2 Å². The van der Waals surface area contributed by atoms with Crippen LogP contribution < -0.4 is 5.73 Å². The molecule has 0 aliphatic heterocycles. The van der Waals surface area contributed by atoms with Crippen LogP contribution in [0.15, 0.2) is 48.8 Å². The zero-order chi connectivity index (χ0) is 22.7. The predicted molar refractivity (Wildman–Crippen MR) is 117 cm³/mol. The third-order valence-electron chi connectivity index (χ3n) is 5.20. The topological polar surface area (TPSA) is 123 Å². The highest BCUT2D eigenvalue weighted by Gasteiger charge is 2.18. The maximum atomic E-state index is 14.2. The molecule has 0 unspecified atom stereocenters. The quantitative estimate of drug-likeness (QED) is 0.457. The molecular weight excluding hydrogens is 413 g/mol. The maximum absolute atomic E-state index is 14.2. The molecule has 0 saturated carbocycles. The first kappa shape index (κ1) is 21.2. The molecule has 3 aromatic heterocycles. The molecule has 3 heterocycles. The van der Waals surface area contributed by atoms with Crippen molar-refractivity contribution in [2.45, 2.75) is 19.9 Å². The summed E-state index contributed by atoms with van der Waals surface area (Å²) in [5.74, 6) is 0.264. The van der Waals surface area contributed by atoms with Crippen LogP contribution >= 0.6 is 0 Å². The van der Waals surface area contributed by atoms with Gasteiger partial charge in [-0.05, 0) is 31.5 Å². The molecule has 0 fully saturated rings. The van der Waals surface area contributed by atoms with Crippen molar-refractivity contribution in [3.8, 4) is 11.5 Å². The fourth-order valence-electron chi connectivity index (χ4n) is 3.44. The van der Waals surface area contributed by atoms with Gasteiger partial charge in [-0.3, -0.25) is 0 Å². The van der Waals surface area contributed by atoms with Crippen molar-refractivity contribution in [1.29, 1.82) is 0 Å². The Bertz CT molecular complexity index is 1270. The molecule has 32 heavy (non-hydrogen) atoms. The van der Waals surface area contributed by atoms with E-state index in [9.17, 15) is 9.18 Å². The third-order valence-corrected chi connectivity index (χ3v) is 5.20. The van der Waals surface area contributed by atoms with Gasteiger partial charge < -0.3 is 15.7 Å². The van der Waals surface area contributed by atoms with Crippen molar-refractivity contribution in [2.24, 2.45) is 0 Å². The van der Waals surface area contributed by atoms with Crippen LogP contribution in [0.3, 0.4) is 0 Å². The van der Waals surface area contributed by atoms with Gasteiger partial charge in [-0.2, -0.15) is 5.10 Å². The Kier molecular flexibility index (Phi) is 5.93. The lowest BCUT2D eigenvalue weighted by Gasteiger charge is -2.16. The average Bonchev–Trinajstić information content (AvgIpc) is 3.15. The Morgan fingerprint density at radius 1 is 1.19 bits per heavy atom. The summed E-state index contributed by atoms with van der Waals surface area (Å²) in [5, 5.41) is 14.5. The van der Waals surface area contributed by atoms with Gasteiger partial charge in [0.25, 0.3) is 0 Å². The van der Waals surface area contributed by atoms with Crippen molar-refractivity contribution in [3.63, 3.8) is 0 Å². The van der Waals surface area contributed by atoms with E-state index < -0.39 is 6.09 Å². The van der Waals surface area contributed by atoms with Crippen molar-refractivity contribution in [1.82, 2.24) is 29.6 Å². The van der Waals surface area contributed by atoms with Crippen LogP contribution in [-0.2, 0) is 13.0 Å². The van der Waals surface area contributed by atoms with E-state index in [-0.39, 0.29) is 18.2 Å². The highest BCUT2D eigenvalue weighted by atomic mass is 19.1. The van der Waals surface area contributed by atoms with Gasteiger partial charge in [0.05, 0.1) is 11.9 Å². The summed E-state index contributed by atoms with van der Waals surface area (Å²) in [6.07, 6.45) is 2.65. The number of anilines is 1. The van der Waals surface area contributed by atoms with Gasteiger partial charge in [0, 0.05) is 36.6 Å². The molecule has 0 aliphatic carbocycles. The van der Waals surface area contributed by atoms with Gasteiger partial charge in [-0.25, -0.2) is 28.8 Å². The number of likely N-dealkylation sites (N-methyl/N-ethyl adjacent to an activating group) is 1. The van der Waals surface area contributed by atoms with Crippen molar-refractivity contribution in [2.75, 3.05) is 18.8 Å². The number of carbonyl (C=O) groups is 1. The first-order valence-electron chi connectivity index (χ1n) is 10.1. The minimum absolute atomic E-state index is 0.204. The summed E-state index contributed by atoms with van der Waals surface area (Å²) in [6, 6.07) is 10.1. The number of aromatic nitrogens is 5. The smallest absolute Gasteiger partial charge is 0.407 e. The lowest BCUT2D eigenvalue weighted by Crippen LogP contribution is -2.31. The number of halogens is 1. The molecule has 164 valence electrons.